The zero-order valence-electron chi connectivity index (χ0n) is 11.5. The molecule has 0 aliphatic carbocycles. The smallest absolute Gasteiger partial charge is 0.229 e. The third kappa shape index (κ3) is 2.81. The van der Waals surface area contributed by atoms with Gasteiger partial charge in [-0.25, -0.2) is 0 Å². The predicted molar refractivity (Wildman–Crippen MR) is 80.3 cm³/mol. The number of ether oxygens (including phenoxy) is 1. The molecule has 1 aliphatic heterocycles. The molecule has 1 aromatic carbocycles. The van der Waals surface area contributed by atoms with Crippen LogP contribution in [0.4, 0.5) is 0 Å². The molecule has 1 amide bonds. The first-order valence-electron chi connectivity index (χ1n) is 6.38. The summed E-state index contributed by atoms with van der Waals surface area (Å²) in [5.41, 5.74) is 1.66. The molecule has 0 spiro atoms. The summed E-state index contributed by atoms with van der Waals surface area (Å²) in [7, 11) is 1.77. The average molecular weight is 290 g/mol. The zero-order chi connectivity index (χ0) is 14.7. The van der Waals surface area contributed by atoms with E-state index in [4.69, 9.17) is 22.8 Å². The quantitative estimate of drug-likeness (QED) is 0.800. The van der Waals surface area contributed by atoms with Crippen LogP contribution in [0, 0.1) is 18.3 Å². The summed E-state index contributed by atoms with van der Waals surface area (Å²) >= 11 is 6.28. The molecule has 1 heterocycles. The van der Waals surface area contributed by atoms with Gasteiger partial charge in [0.1, 0.15) is 12.4 Å². The Morgan fingerprint density at radius 3 is 2.95 bits per heavy atom. The molecule has 0 saturated heterocycles. The van der Waals surface area contributed by atoms with Crippen molar-refractivity contribution in [2.75, 3.05) is 13.7 Å². The number of rotatable bonds is 3. The molecule has 1 atom stereocenters. The Balaban J connectivity index is 2.30. The van der Waals surface area contributed by atoms with E-state index in [1.807, 2.05) is 19.1 Å². The van der Waals surface area contributed by atoms with Gasteiger partial charge in [-0.3, -0.25) is 4.79 Å². The summed E-state index contributed by atoms with van der Waals surface area (Å²) < 4.78 is 5.32. The van der Waals surface area contributed by atoms with Gasteiger partial charge in [0.15, 0.2) is 0 Å². The monoisotopic (exact) mass is 289 g/mol. The third-order valence-electron chi connectivity index (χ3n) is 3.32. The Bertz CT molecular complexity index is 601. The van der Waals surface area contributed by atoms with Gasteiger partial charge in [0.25, 0.3) is 0 Å². The summed E-state index contributed by atoms with van der Waals surface area (Å²) in [6.45, 7) is 2.12. The van der Waals surface area contributed by atoms with Crippen LogP contribution in [0.15, 0.2) is 24.3 Å². The number of hydrogen-bond donors (Lipinski definition) is 0. The summed E-state index contributed by atoms with van der Waals surface area (Å²) in [4.78, 5) is 13.7. The molecule has 0 bridgehead atoms. The van der Waals surface area contributed by atoms with Gasteiger partial charge in [-0.2, -0.15) is 0 Å². The second kappa shape index (κ2) is 6.02. The van der Waals surface area contributed by atoms with E-state index in [0.717, 1.165) is 17.7 Å². The van der Waals surface area contributed by atoms with E-state index >= 15 is 0 Å². The number of hydrogen-bond acceptors (Lipinski definition) is 2. The number of amides is 1. The minimum atomic E-state index is 0.0146. The van der Waals surface area contributed by atoms with Crippen molar-refractivity contribution in [2.45, 2.75) is 13.3 Å². The molecule has 4 heteroatoms. The minimum absolute atomic E-state index is 0.0146. The third-order valence-corrected chi connectivity index (χ3v) is 3.63. The van der Waals surface area contributed by atoms with Gasteiger partial charge in [-0.05, 0) is 24.6 Å². The molecule has 2 rings (SSSR count). The van der Waals surface area contributed by atoms with Gasteiger partial charge in [0.2, 0.25) is 5.91 Å². The van der Waals surface area contributed by atoms with E-state index in [2.05, 4.69) is 5.92 Å². The molecule has 1 aliphatic rings. The molecule has 104 valence electrons. The topological polar surface area (TPSA) is 29.5 Å². The van der Waals surface area contributed by atoms with E-state index < -0.39 is 0 Å². The number of carbonyl (C=O) groups is 1. The van der Waals surface area contributed by atoms with Crippen molar-refractivity contribution in [3.8, 4) is 18.1 Å². The summed E-state index contributed by atoms with van der Waals surface area (Å²) in [5.74, 6) is 3.14. The zero-order valence-corrected chi connectivity index (χ0v) is 12.3. The lowest BCUT2D eigenvalue weighted by atomic mass is 9.98. The van der Waals surface area contributed by atoms with Crippen molar-refractivity contribution in [3.63, 3.8) is 0 Å². The van der Waals surface area contributed by atoms with Crippen molar-refractivity contribution in [3.05, 3.63) is 34.9 Å². The fraction of sp³-hybridized carbons (Fsp3) is 0.312. The molecule has 0 saturated carbocycles. The van der Waals surface area contributed by atoms with Crippen LogP contribution in [-0.2, 0) is 4.79 Å². The summed E-state index contributed by atoms with van der Waals surface area (Å²) in [6.07, 6.45) is 7.91. The Morgan fingerprint density at radius 2 is 2.30 bits per heavy atom. The highest BCUT2D eigenvalue weighted by molar-refractivity contribution is 6.32. The second-order valence-electron chi connectivity index (χ2n) is 4.76. The molecule has 3 nitrogen and oxygen atoms in total. The van der Waals surface area contributed by atoms with E-state index in [9.17, 15) is 4.79 Å². The molecule has 1 aromatic rings. The van der Waals surface area contributed by atoms with Gasteiger partial charge in [0, 0.05) is 24.2 Å². The lowest BCUT2D eigenvalue weighted by molar-refractivity contribution is -0.131. The molecular weight excluding hydrogens is 274 g/mol. The number of nitrogens with zero attached hydrogens (tertiary/aromatic N) is 1. The van der Waals surface area contributed by atoms with Gasteiger partial charge in [-0.15, -0.1) is 6.42 Å². The lowest BCUT2D eigenvalue weighted by Crippen LogP contribution is -2.33. The van der Waals surface area contributed by atoms with Crippen LogP contribution in [-0.4, -0.2) is 24.5 Å². The van der Waals surface area contributed by atoms with Gasteiger partial charge >= 0.3 is 0 Å². The largest absolute Gasteiger partial charge is 0.481 e. The predicted octanol–water partition coefficient (Wildman–Crippen LogP) is 3.19. The molecule has 0 aromatic heterocycles. The van der Waals surface area contributed by atoms with Crippen LogP contribution in [0.3, 0.4) is 0 Å². The van der Waals surface area contributed by atoms with Crippen LogP contribution < -0.4 is 4.74 Å². The van der Waals surface area contributed by atoms with Crippen molar-refractivity contribution in [1.29, 1.82) is 0 Å². The first-order valence-corrected chi connectivity index (χ1v) is 6.76. The Kier molecular flexibility index (Phi) is 4.36. The van der Waals surface area contributed by atoms with Crippen molar-refractivity contribution >= 4 is 23.2 Å². The second-order valence-corrected chi connectivity index (χ2v) is 5.17. The first kappa shape index (κ1) is 14.5. The normalized spacial score (nSPS) is 18.5. The fourth-order valence-electron chi connectivity index (χ4n) is 2.18. The number of halogens is 1. The highest BCUT2D eigenvalue weighted by Crippen LogP contribution is 2.33. The lowest BCUT2D eigenvalue weighted by Gasteiger charge is -2.29. The standard InChI is InChI=1S/C16H16ClNO2/c1-4-9-20-12-6-7-13(14(17)10-12)15-8-5-11(2)16(19)18(15)3/h1,6-8,10-11H,5,9H2,2-3H3. The maximum absolute atomic E-state index is 12.0. The Labute approximate surface area is 124 Å². The highest BCUT2D eigenvalue weighted by Gasteiger charge is 2.26. The van der Waals surface area contributed by atoms with Crippen molar-refractivity contribution < 1.29 is 9.53 Å². The van der Waals surface area contributed by atoms with Crippen LogP contribution in [0.2, 0.25) is 5.02 Å². The summed E-state index contributed by atoms with van der Waals surface area (Å²) in [6, 6.07) is 5.36. The van der Waals surface area contributed by atoms with Crippen LogP contribution >= 0.6 is 11.6 Å². The van der Waals surface area contributed by atoms with Gasteiger partial charge < -0.3 is 9.64 Å². The number of allylic oxidation sites excluding steroid dienone is 1. The molecule has 20 heavy (non-hydrogen) atoms. The van der Waals surface area contributed by atoms with Crippen molar-refractivity contribution in [1.82, 2.24) is 4.90 Å². The van der Waals surface area contributed by atoms with Crippen LogP contribution in [0.5, 0.6) is 5.75 Å². The maximum Gasteiger partial charge on any atom is 0.229 e. The Morgan fingerprint density at radius 1 is 1.55 bits per heavy atom. The number of terminal acetylenes is 1. The minimum Gasteiger partial charge on any atom is -0.481 e. The van der Waals surface area contributed by atoms with E-state index in [-0.39, 0.29) is 18.4 Å². The SMILES string of the molecule is C#CCOc1ccc(C2=CCC(C)C(=O)N2C)c(Cl)c1. The molecule has 0 N–H and O–H groups in total. The van der Waals surface area contributed by atoms with E-state index in [0.29, 0.717) is 10.8 Å². The maximum atomic E-state index is 12.0. The van der Waals surface area contributed by atoms with Gasteiger partial charge in [-0.1, -0.05) is 30.5 Å². The molecule has 0 radical (unpaired) electrons. The fourth-order valence-corrected chi connectivity index (χ4v) is 2.45. The molecule has 0 fully saturated rings. The highest BCUT2D eigenvalue weighted by atomic mass is 35.5. The number of benzene rings is 1. The molecular formula is C16H16ClNO2. The number of carbonyl (C=O) groups excluding carboxylic acids is 1. The Hall–Kier alpha value is -1.92. The average Bonchev–Trinajstić information content (AvgIpc) is 2.44. The van der Waals surface area contributed by atoms with Crippen LogP contribution in [0.25, 0.3) is 5.70 Å². The molecule has 1 unspecified atom stereocenters. The van der Waals surface area contributed by atoms with Crippen molar-refractivity contribution in [2.24, 2.45) is 5.92 Å². The van der Waals surface area contributed by atoms with Gasteiger partial charge in [0.05, 0.1) is 5.02 Å². The summed E-state index contributed by atoms with van der Waals surface area (Å²) in [5, 5.41) is 0.542. The van der Waals surface area contributed by atoms with E-state index in [1.54, 1.807) is 24.1 Å². The van der Waals surface area contributed by atoms with E-state index in [1.165, 1.54) is 0 Å². The van der Waals surface area contributed by atoms with Crippen LogP contribution in [0.1, 0.15) is 18.9 Å². The first-order chi connectivity index (χ1) is 9.54.